The van der Waals surface area contributed by atoms with Crippen molar-refractivity contribution >= 4 is 5.91 Å². The third-order valence-electron chi connectivity index (χ3n) is 2.48. The lowest BCUT2D eigenvalue weighted by Gasteiger charge is -2.20. The van der Waals surface area contributed by atoms with Gasteiger partial charge in [0.15, 0.2) is 0 Å². The molecule has 0 bridgehead atoms. The standard InChI is InChI=1S/C12H19N3O/c1-4-11(13)12(16)15(3)8-10-7-5-6-9(2)14-10/h5-7,11H,4,8,13H2,1-3H3/t11-/m0/s1. The number of nitrogens with two attached hydrogens (primary N) is 1. The summed E-state index contributed by atoms with van der Waals surface area (Å²) in [5, 5.41) is 0. The van der Waals surface area contributed by atoms with Crippen LogP contribution in [0, 0.1) is 6.92 Å². The Labute approximate surface area is 96.5 Å². The van der Waals surface area contributed by atoms with E-state index >= 15 is 0 Å². The lowest BCUT2D eigenvalue weighted by Crippen LogP contribution is -2.41. The van der Waals surface area contributed by atoms with Gasteiger partial charge in [0.25, 0.3) is 0 Å². The molecule has 1 aromatic rings. The number of carbonyl (C=O) groups is 1. The maximum absolute atomic E-state index is 11.7. The number of aromatic nitrogens is 1. The van der Waals surface area contributed by atoms with Crippen LogP contribution in [-0.4, -0.2) is 28.9 Å². The lowest BCUT2D eigenvalue weighted by atomic mass is 10.2. The van der Waals surface area contributed by atoms with Crippen LogP contribution < -0.4 is 5.73 Å². The molecule has 4 heteroatoms. The Morgan fingerprint density at radius 1 is 1.56 bits per heavy atom. The monoisotopic (exact) mass is 221 g/mol. The zero-order chi connectivity index (χ0) is 12.1. The molecule has 4 nitrogen and oxygen atoms in total. The van der Waals surface area contributed by atoms with Crippen LogP contribution in [0.25, 0.3) is 0 Å². The number of hydrogen-bond acceptors (Lipinski definition) is 3. The molecule has 0 unspecified atom stereocenters. The van der Waals surface area contributed by atoms with Crippen LogP contribution in [0.15, 0.2) is 18.2 Å². The van der Waals surface area contributed by atoms with Gasteiger partial charge in [0.05, 0.1) is 18.3 Å². The second kappa shape index (κ2) is 5.61. The molecule has 0 saturated heterocycles. The lowest BCUT2D eigenvalue weighted by molar-refractivity contribution is -0.131. The molecule has 0 saturated carbocycles. The number of likely N-dealkylation sites (N-methyl/N-ethyl adjacent to an activating group) is 1. The first-order valence-electron chi connectivity index (χ1n) is 5.47. The summed E-state index contributed by atoms with van der Waals surface area (Å²) in [5.41, 5.74) is 7.53. The van der Waals surface area contributed by atoms with Gasteiger partial charge in [-0.2, -0.15) is 0 Å². The van der Waals surface area contributed by atoms with Crippen molar-refractivity contribution in [2.45, 2.75) is 32.9 Å². The van der Waals surface area contributed by atoms with Crippen LogP contribution in [0.3, 0.4) is 0 Å². The van der Waals surface area contributed by atoms with Crippen molar-refractivity contribution in [2.75, 3.05) is 7.05 Å². The Morgan fingerprint density at radius 3 is 2.81 bits per heavy atom. The Kier molecular flexibility index (Phi) is 4.43. The number of amides is 1. The predicted octanol–water partition coefficient (Wildman–Crippen LogP) is 1.09. The maximum atomic E-state index is 11.7. The van der Waals surface area contributed by atoms with Gasteiger partial charge >= 0.3 is 0 Å². The van der Waals surface area contributed by atoms with Gasteiger partial charge in [-0.25, -0.2) is 0 Å². The quantitative estimate of drug-likeness (QED) is 0.827. The fourth-order valence-corrected chi connectivity index (χ4v) is 1.47. The van der Waals surface area contributed by atoms with Crippen molar-refractivity contribution in [2.24, 2.45) is 5.73 Å². The summed E-state index contributed by atoms with van der Waals surface area (Å²) < 4.78 is 0. The number of carbonyl (C=O) groups excluding carboxylic acids is 1. The Balaban J connectivity index is 2.64. The van der Waals surface area contributed by atoms with Crippen LogP contribution in [0.1, 0.15) is 24.7 Å². The molecule has 0 aliphatic heterocycles. The number of pyridine rings is 1. The van der Waals surface area contributed by atoms with Crippen LogP contribution >= 0.6 is 0 Å². The number of hydrogen-bond donors (Lipinski definition) is 1. The fraction of sp³-hybridized carbons (Fsp3) is 0.500. The summed E-state index contributed by atoms with van der Waals surface area (Å²) in [5.74, 6) is -0.0363. The van der Waals surface area contributed by atoms with Crippen molar-refractivity contribution in [1.82, 2.24) is 9.88 Å². The normalized spacial score (nSPS) is 12.2. The third kappa shape index (κ3) is 3.31. The minimum Gasteiger partial charge on any atom is -0.339 e. The molecule has 1 atom stereocenters. The zero-order valence-electron chi connectivity index (χ0n) is 10.1. The average Bonchev–Trinajstić information content (AvgIpc) is 2.27. The largest absolute Gasteiger partial charge is 0.339 e. The Bertz CT molecular complexity index is 365. The molecule has 0 radical (unpaired) electrons. The van der Waals surface area contributed by atoms with Crippen molar-refractivity contribution in [3.63, 3.8) is 0 Å². The van der Waals surface area contributed by atoms with Gasteiger partial charge in [-0.15, -0.1) is 0 Å². The molecule has 1 aromatic heterocycles. The van der Waals surface area contributed by atoms with E-state index in [2.05, 4.69) is 4.98 Å². The van der Waals surface area contributed by atoms with Gasteiger partial charge in [-0.1, -0.05) is 13.0 Å². The van der Waals surface area contributed by atoms with E-state index in [1.165, 1.54) is 0 Å². The van der Waals surface area contributed by atoms with Crippen LogP contribution in [0.4, 0.5) is 0 Å². The summed E-state index contributed by atoms with van der Waals surface area (Å²) >= 11 is 0. The van der Waals surface area contributed by atoms with E-state index in [-0.39, 0.29) is 5.91 Å². The average molecular weight is 221 g/mol. The summed E-state index contributed by atoms with van der Waals surface area (Å²) in [6.45, 7) is 4.35. The number of rotatable bonds is 4. The van der Waals surface area contributed by atoms with Crippen LogP contribution in [0.2, 0.25) is 0 Å². The van der Waals surface area contributed by atoms with Crippen LogP contribution in [-0.2, 0) is 11.3 Å². The van der Waals surface area contributed by atoms with E-state index in [1.807, 2.05) is 32.0 Å². The topological polar surface area (TPSA) is 59.2 Å². The maximum Gasteiger partial charge on any atom is 0.239 e. The van der Waals surface area contributed by atoms with Crippen LogP contribution in [0.5, 0.6) is 0 Å². The molecule has 2 N–H and O–H groups in total. The molecule has 1 rings (SSSR count). The van der Waals surface area contributed by atoms with E-state index in [1.54, 1.807) is 11.9 Å². The molecule has 0 aromatic carbocycles. The molecule has 0 aliphatic rings. The minimum absolute atomic E-state index is 0.0363. The highest BCUT2D eigenvalue weighted by Crippen LogP contribution is 2.03. The van der Waals surface area contributed by atoms with Crippen molar-refractivity contribution < 1.29 is 4.79 Å². The molecule has 0 fully saturated rings. The van der Waals surface area contributed by atoms with Gasteiger partial charge in [0.2, 0.25) is 5.91 Å². The number of nitrogens with zero attached hydrogens (tertiary/aromatic N) is 2. The molecular formula is C12H19N3O. The van der Waals surface area contributed by atoms with Gasteiger partial charge < -0.3 is 10.6 Å². The van der Waals surface area contributed by atoms with Crippen molar-refractivity contribution in [3.05, 3.63) is 29.6 Å². The van der Waals surface area contributed by atoms with E-state index in [4.69, 9.17) is 5.73 Å². The van der Waals surface area contributed by atoms with Crippen molar-refractivity contribution in [3.8, 4) is 0 Å². The summed E-state index contributed by atoms with van der Waals surface area (Å²) in [7, 11) is 1.75. The summed E-state index contributed by atoms with van der Waals surface area (Å²) in [6, 6.07) is 5.38. The van der Waals surface area contributed by atoms with Gasteiger partial charge in [-0.3, -0.25) is 9.78 Å². The predicted molar refractivity (Wildman–Crippen MR) is 63.7 cm³/mol. The molecular weight excluding hydrogens is 202 g/mol. The summed E-state index contributed by atoms with van der Waals surface area (Å²) in [4.78, 5) is 17.7. The highest BCUT2D eigenvalue weighted by atomic mass is 16.2. The SMILES string of the molecule is CC[C@H](N)C(=O)N(C)Cc1cccc(C)n1. The molecule has 88 valence electrons. The number of aryl methyl sites for hydroxylation is 1. The third-order valence-corrected chi connectivity index (χ3v) is 2.48. The van der Waals surface area contributed by atoms with Gasteiger partial charge in [0.1, 0.15) is 0 Å². The Morgan fingerprint density at radius 2 is 2.25 bits per heavy atom. The highest BCUT2D eigenvalue weighted by molar-refractivity contribution is 5.81. The molecule has 16 heavy (non-hydrogen) atoms. The zero-order valence-corrected chi connectivity index (χ0v) is 10.1. The highest BCUT2D eigenvalue weighted by Gasteiger charge is 2.16. The van der Waals surface area contributed by atoms with Gasteiger partial charge in [-0.05, 0) is 25.5 Å². The molecule has 1 amide bonds. The van der Waals surface area contributed by atoms with Gasteiger partial charge in [0, 0.05) is 12.7 Å². The minimum atomic E-state index is -0.408. The van der Waals surface area contributed by atoms with E-state index in [9.17, 15) is 4.79 Å². The van der Waals surface area contributed by atoms with E-state index < -0.39 is 6.04 Å². The second-order valence-corrected chi connectivity index (χ2v) is 3.98. The van der Waals surface area contributed by atoms with E-state index in [0.717, 1.165) is 11.4 Å². The molecule has 0 spiro atoms. The summed E-state index contributed by atoms with van der Waals surface area (Å²) in [6.07, 6.45) is 0.657. The Hall–Kier alpha value is -1.42. The molecule has 0 aliphatic carbocycles. The fourth-order valence-electron chi connectivity index (χ4n) is 1.47. The van der Waals surface area contributed by atoms with E-state index in [0.29, 0.717) is 13.0 Å². The first kappa shape index (κ1) is 12.6. The molecule has 1 heterocycles. The second-order valence-electron chi connectivity index (χ2n) is 3.98. The first-order chi connectivity index (χ1) is 7.54. The smallest absolute Gasteiger partial charge is 0.239 e. The van der Waals surface area contributed by atoms with Crippen molar-refractivity contribution in [1.29, 1.82) is 0 Å². The first-order valence-corrected chi connectivity index (χ1v) is 5.47.